The molecule has 0 aromatic carbocycles. The summed E-state index contributed by atoms with van der Waals surface area (Å²) in [4.78, 5) is 26.8. The number of amides is 2. The summed E-state index contributed by atoms with van der Waals surface area (Å²) in [6, 6.07) is 0. The first kappa shape index (κ1) is 19.4. The molecule has 140 valence electrons. The van der Waals surface area contributed by atoms with Crippen molar-refractivity contribution in [3.8, 4) is 0 Å². The van der Waals surface area contributed by atoms with Crippen LogP contribution in [0.25, 0.3) is 0 Å². The van der Waals surface area contributed by atoms with Crippen LogP contribution in [-0.2, 0) is 16.1 Å². The molecule has 0 bridgehead atoms. The monoisotopic (exact) mass is 352 g/mol. The van der Waals surface area contributed by atoms with Gasteiger partial charge in [-0.3, -0.25) is 14.8 Å². The van der Waals surface area contributed by atoms with E-state index in [-0.39, 0.29) is 24.8 Å². The topological polar surface area (TPSA) is 117 Å². The van der Waals surface area contributed by atoms with Crippen molar-refractivity contribution in [3.05, 3.63) is 11.7 Å². The zero-order chi connectivity index (χ0) is 18.1. The quantitative estimate of drug-likeness (QED) is 0.464. The van der Waals surface area contributed by atoms with E-state index in [2.05, 4.69) is 15.5 Å². The van der Waals surface area contributed by atoms with Gasteiger partial charge in [0.1, 0.15) is 0 Å². The largest absolute Gasteiger partial charge is 0.349 e. The third-order valence-corrected chi connectivity index (χ3v) is 4.77. The highest BCUT2D eigenvalue weighted by Gasteiger charge is 2.23. The molecule has 0 spiro atoms. The van der Waals surface area contributed by atoms with Gasteiger partial charge < -0.3 is 9.84 Å². The molecule has 8 nitrogen and oxygen atoms in total. The average molecular weight is 352 g/mol. The summed E-state index contributed by atoms with van der Waals surface area (Å²) in [5.41, 5.74) is 1.67. The zero-order valence-electron chi connectivity index (χ0n) is 14.8. The molecule has 1 fully saturated rings. The van der Waals surface area contributed by atoms with E-state index in [1.165, 1.54) is 39.0 Å². The van der Waals surface area contributed by atoms with Crippen LogP contribution in [0.3, 0.4) is 0 Å². The number of hydrogen-bond donors (Lipinski definition) is 3. The van der Waals surface area contributed by atoms with E-state index in [1.807, 2.05) is 0 Å². The Labute approximate surface area is 147 Å². The number of carbonyl (C=O) groups excluding carboxylic acids is 2. The molecular formula is C17H28N4O4. The highest BCUT2D eigenvalue weighted by molar-refractivity contribution is 5.75. The van der Waals surface area contributed by atoms with E-state index in [0.717, 1.165) is 25.2 Å². The van der Waals surface area contributed by atoms with Gasteiger partial charge in [-0.15, -0.1) is 0 Å². The fourth-order valence-corrected chi connectivity index (χ4v) is 3.42. The van der Waals surface area contributed by atoms with Gasteiger partial charge in [0.05, 0.1) is 6.54 Å². The first-order valence-corrected chi connectivity index (χ1v) is 9.08. The van der Waals surface area contributed by atoms with Crippen molar-refractivity contribution in [2.24, 2.45) is 5.92 Å². The molecule has 8 heteroatoms. The summed E-state index contributed by atoms with van der Waals surface area (Å²) in [6.45, 7) is 1.61. The van der Waals surface area contributed by atoms with Gasteiger partial charge in [0.25, 0.3) is 0 Å². The van der Waals surface area contributed by atoms with Crippen LogP contribution < -0.4 is 10.8 Å². The van der Waals surface area contributed by atoms with Crippen LogP contribution in [0, 0.1) is 5.92 Å². The summed E-state index contributed by atoms with van der Waals surface area (Å²) in [5.74, 6) is 0.673. The van der Waals surface area contributed by atoms with Crippen molar-refractivity contribution in [3.63, 3.8) is 0 Å². The molecule has 1 atom stereocenters. The molecule has 2 amide bonds. The Morgan fingerprint density at radius 3 is 2.76 bits per heavy atom. The number of carbonyl (C=O) groups is 2. The second kappa shape index (κ2) is 10.1. The van der Waals surface area contributed by atoms with Crippen LogP contribution in [0.2, 0.25) is 0 Å². The zero-order valence-corrected chi connectivity index (χ0v) is 14.8. The molecule has 1 saturated carbocycles. The van der Waals surface area contributed by atoms with Crippen LogP contribution in [0.5, 0.6) is 0 Å². The summed E-state index contributed by atoms with van der Waals surface area (Å²) in [6.07, 6.45) is 9.55. The van der Waals surface area contributed by atoms with Gasteiger partial charge in [-0.2, -0.15) is 4.98 Å². The lowest BCUT2D eigenvalue weighted by molar-refractivity contribution is -0.129. The van der Waals surface area contributed by atoms with E-state index in [0.29, 0.717) is 11.7 Å². The van der Waals surface area contributed by atoms with Crippen molar-refractivity contribution >= 4 is 11.8 Å². The molecule has 1 aromatic heterocycles. The fourth-order valence-electron chi connectivity index (χ4n) is 3.42. The summed E-state index contributed by atoms with van der Waals surface area (Å²) >= 11 is 0. The van der Waals surface area contributed by atoms with Crippen LogP contribution in [0.15, 0.2) is 4.52 Å². The predicted molar refractivity (Wildman–Crippen MR) is 89.5 cm³/mol. The summed E-state index contributed by atoms with van der Waals surface area (Å²) in [5, 5.41) is 15.3. The molecule has 3 N–H and O–H groups in total. The van der Waals surface area contributed by atoms with Crippen molar-refractivity contribution < 1.29 is 19.3 Å². The van der Waals surface area contributed by atoms with Crippen LogP contribution >= 0.6 is 0 Å². The molecular weight excluding hydrogens is 324 g/mol. The minimum absolute atomic E-state index is 0.100. The predicted octanol–water partition coefficient (Wildman–Crippen LogP) is 2.44. The maximum Gasteiger partial charge on any atom is 0.244 e. The third kappa shape index (κ3) is 6.81. The lowest BCUT2D eigenvalue weighted by atomic mass is 9.84. The molecule has 1 aromatic rings. The van der Waals surface area contributed by atoms with Gasteiger partial charge in [0, 0.05) is 19.3 Å². The highest BCUT2D eigenvalue weighted by atomic mass is 16.5. The number of aromatic nitrogens is 2. The van der Waals surface area contributed by atoms with E-state index in [1.54, 1.807) is 5.48 Å². The van der Waals surface area contributed by atoms with Crippen molar-refractivity contribution in [1.82, 2.24) is 20.9 Å². The summed E-state index contributed by atoms with van der Waals surface area (Å²) < 4.78 is 5.27. The van der Waals surface area contributed by atoms with Gasteiger partial charge >= 0.3 is 0 Å². The first-order chi connectivity index (χ1) is 12.1. The first-order valence-electron chi connectivity index (χ1n) is 9.08. The van der Waals surface area contributed by atoms with Crippen molar-refractivity contribution in [2.45, 2.75) is 77.2 Å². The molecule has 0 unspecified atom stereocenters. The Kier molecular flexibility index (Phi) is 7.84. The Balaban J connectivity index is 1.90. The van der Waals surface area contributed by atoms with E-state index in [9.17, 15) is 9.59 Å². The Bertz CT molecular complexity index is 555. The molecule has 1 aliphatic carbocycles. The average Bonchev–Trinajstić information content (AvgIpc) is 3.08. The number of hydrogen-bond acceptors (Lipinski definition) is 6. The molecule has 1 heterocycles. The smallest absolute Gasteiger partial charge is 0.244 e. The SMILES string of the molecule is CC(=O)NCc1noc([C@@H](CCCC2CCCCC2)CC(=O)NO)n1. The van der Waals surface area contributed by atoms with Gasteiger partial charge in [0.2, 0.25) is 17.7 Å². The number of nitrogens with one attached hydrogen (secondary N) is 2. The van der Waals surface area contributed by atoms with Crippen molar-refractivity contribution in [2.75, 3.05) is 0 Å². The minimum Gasteiger partial charge on any atom is -0.349 e. The third-order valence-electron chi connectivity index (χ3n) is 4.77. The van der Waals surface area contributed by atoms with E-state index in [4.69, 9.17) is 9.73 Å². The number of hydroxylamine groups is 1. The van der Waals surface area contributed by atoms with Crippen molar-refractivity contribution in [1.29, 1.82) is 0 Å². The second-order valence-corrected chi connectivity index (χ2v) is 6.83. The Morgan fingerprint density at radius 1 is 1.32 bits per heavy atom. The van der Waals surface area contributed by atoms with Gasteiger partial charge in [0.15, 0.2) is 5.82 Å². The maximum absolute atomic E-state index is 11.6. The fraction of sp³-hybridized carbons (Fsp3) is 0.765. The molecule has 2 rings (SSSR count). The van der Waals surface area contributed by atoms with Crippen LogP contribution in [-0.4, -0.2) is 27.2 Å². The second-order valence-electron chi connectivity index (χ2n) is 6.83. The van der Waals surface area contributed by atoms with Gasteiger partial charge in [-0.05, 0) is 12.3 Å². The molecule has 0 radical (unpaired) electrons. The molecule has 0 saturated heterocycles. The highest BCUT2D eigenvalue weighted by Crippen LogP contribution is 2.31. The van der Waals surface area contributed by atoms with Crippen LogP contribution in [0.1, 0.15) is 82.3 Å². The molecule has 1 aliphatic rings. The Morgan fingerprint density at radius 2 is 2.08 bits per heavy atom. The number of nitrogens with zero attached hydrogens (tertiary/aromatic N) is 2. The van der Waals surface area contributed by atoms with E-state index < -0.39 is 5.91 Å². The van der Waals surface area contributed by atoms with Gasteiger partial charge in [-0.1, -0.05) is 50.1 Å². The number of rotatable bonds is 9. The Hall–Kier alpha value is -1.96. The van der Waals surface area contributed by atoms with Crippen LogP contribution in [0.4, 0.5) is 0 Å². The summed E-state index contributed by atoms with van der Waals surface area (Å²) in [7, 11) is 0. The standard InChI is InChI=1S/C17H28N4O4/c1-12(22)18-11-15-19-17(25-21-15)14(10-16(23)20-24)9-5-8-13-6-3-2-4-7-13/h13-14,24H,2-11H2,1H3,(H,18,22)(H,20,23)/t14-/m0/s1. The molecule has 25 heavy (non-hydrogen) atoms. The lowest BCUT2D eigenvalue weighted by Crippen LogP contribution is -2.22. The molecule has 0 aliphatic heterocycles. The minimum atomic E-state index is -0.468. The lowest BCUT2D eigenvalue weighted by Gasteiger charge is -2.22. The van der Waals surface area contributed by atoms with E-state index >= 15 is 0 Å². The normalized spacial score (nSPS) is 16.4. The maximum atomic E-state index is 11.6. The van der Waals surface area contributed by atoms with Gasteiger partial charge in [-0.25, -0.2) is 5.48 Å².